The molecule has 0 saturated carbocycles. The molecule has 6 nitrogen and oxygen atoms in total. The lowest BCUT2D eigenvalue weighted by atomic mass is 10.2. The van der Waals surface area contributed by atoms with Gasteiger partial charge in [-0.15, -0.1) is 0 Å². The number of hydrogen-bond acceptors (Lipinski definition) is 5. The van der Waals surface area contributed by atoms with Crippen molar-refractivity contribution in [3.05, 3.63) is 41.7 Å². The number of likely N-dealkylation sites (N-methyl/N-ethyl adjacent to an activating group) is 1. The number of esters is 1. The lowest BCUT2D eigenvalue weighted by molar-refractivity contribution is -0.156. The van der Waals surface area contributed by atoms with Gasteiger partial charge in [0.1, 0.15) is 5.82 Å². The van der Waals surface area contributed by atoms with Crippen molar-refractivity contribution in [1.29, 1.82) is 0 Å². The topological polar surface area (TPSA) is 80.8 Å². The Morgan fingerprint density at radius 2 is 2.08 bits per heavy atom. The lowest BCUT2D eigenvalue weighted by Gasteiger charge is -2.29. The van der Waals surface area contributed by atoms with Crippen molar-refractivity contribution in [1.82, 2.24) is 4.90 Å². The van der Waals surface area contributed by atoms with Gasteiger partial charge in [0, 0.05) is 24.2 Å². The fraction of sp³-hybridized carbons (Fsp3) is 0.444. The molecule has 1 aromatic carbocycles. The second kappa shape index (κ2) is 8.44. The number of ether oxygens (including phenoxy) is 1. The Labute approximate surface area is 152 Å². The van der Waals surface area contributed by atoms with Crippen LogP contribution in [0.3, 0.4) is 0 Å². The predicted octanol–water partition coefficient (Wildman–Crippen LogP) is 1.81. The molecule has 0 bridgehead atoms. The monoisotopic (exact) mass is 383 g/mol. The molecule has 1 heterocycles. The second-order valence-electron chi connectivity index (χ2n) is 6.12. The third kappa shape index (κ3) is 5.14. The third-order valence-corrected chi connectivity index (χ3v) is 5.97. The molecule has 1 aromatic rings. The third-order valence-electron chi connectivity index (χ3n) is 4.22. The molecule has 0 aliphatic carbocycles. The maximum atomic E-state index is 13.5. The maximum Gasteiger partial charge on any atom is 0.331 e. The van der Waals surface area contributed by atoms with Gasteiger partial charge in [-0.2, -0.15) is 0 Å². The first-order valence-corrected chi connectivity index (χ1v) is 10.2. The molecule has 142 valence electrons. The summed E-state index contributed by atoms with van der Waals surface area (Å²) in [5.41, 5.74) is 0.231. The van der Waals surface area contributed by atoms with Crippen LogP contribution in [0, 0.1) is 5.82 Å². The Balaban J connectivity index is 1.97. The number of rotatable bonds is 6. The van der Waals surface area contributed by atoms with Crippen molar-refractivity contribution in [3.63, 3.8) is 0 Å². The van der Waals surface area contributed by atoms with Gasteiger partial charge in [0.2, 0.25) is 0 Å². The predicted molar refractivity (Wildman–Crippen MR) is 95.4 cm³/mol. The number of halogens is 1. The first-order valence-electron chi connectivity index (χ1n) is 8.37. The Bertz CT molecular complexity index is 806. The van der Waals surface area contributed by atoms with Crippen molar-refractivity contribution < 1.29 is 27.1 Å². The maximum absolute atomic E-state index is 13.5. The van der Waals surface area contributed by atoms with E-state index in [2.05, 4.69) is 0 Å². The van der Waals surface area contributed by atoms with E-state index in [1.54, 1.807) is 13.0 Å². The fourth-order valence-electron chi connectivity index (χ4n) is 2.88. The Morgan fingerprint density at radius 1 is 1.38 bits per heavy atom. The summed E-state index contributed by atoms with van der Waals surface area (Å²) in [6.07, 6.45) is 1.65. The number of nitrogens with zero attached hydrogens (tertiary/aromatic N) is 1. The van der Waals surface area contributed by atoms with Gasteiger partial charge in [0.05, 0.1) is 11.5 Å². The first-order chi connectivity index (χ1) is 12.2. The quantitative estimate of drug-likeness (QED) is 0.553. The van der Waals surface area contributed by atoms with Crippen LogP contribution in [0.25, 0.3) is 6.08 Å². The number of sulfone groups is 1. The molecule has 0 radical (unpaired) electrons. The summed E-state index contributed by atoms with van der Waals surface area (Å²) in [6, 6.07) is 5.55. The molecule has 2 rings (SSSR count). The zero-order valence-corrected chi connectivity index (χ0v) is 15.5. The molecule has 1 aliphatic rings. The van der Waals surface area contributed by atoms with Gasteiger partial charge in [-0.05, 0) is 32.4 Å². The summed E-state index contributed by atoms with van der Waals surface area (Å²) in [7, 11) is -3.12. The zero-order valence-electron chi connectivity index (χ0n) is 14.7. The lowest BCUT2D eigenvalue weighted by Crippen LogP contribution is -2.46. The molecule has 1 saturated heterocycles. The van der Waals surface area contributed by atoms with Crippen molar-refractivity contribution in [2.75, 3.05) is 18.1 Å². The number of carbonyl (C=O) groups is 2. The number of hydrogen-bond donors (Lipinski definition) is 0. The number of benzene rings is 1. The van der Waals surface area contributed by atoms with Crippen molar-refractivity contribution in [2.45, 2.75) is 32.4 Å². The summed E-state index contributed by atoms with van der Waals surface area (Å²) in [5, 5.41) is 0. The van der Waals surface area contributed by atoms with Gasteiger partial charge in [-0.1, -0.05) is 18.2 Å². The van der Waals surface area contributed by atoms with Gasteiger partial charge in [-0.25, -0.2) is 17.6 Å². The number of amides is 1. The van der Waals surface area contributed by atoms with E-state index in [9.17, 15) is 22.4 Å². The van der Waals surface area contributed by atoms with Crippen LogP contribution < -0.4 is 0 Å². The minimum Gasteiger partial charge on any atom is -0.449 e. The highest BCUT2D eigenvalue weighted by Crippen LogP contribution is 2.19. The van der Waals surface area contributed by atoms with Gasteiger partial charge in [-0.3, -0.25) is 4.79 Å². The summed E-state index contributed by atoms with van der Waals surface area (Å²) in [5.74, 6) is -1.70. The Hall–Kier alpha value is -2.22. The average Bonchev–Trinajstić information content (AvgIpc) is 2.94. The molecule has 26 heavy (non-hydrogen) atoms. The average molecular weight is 383 g/mol. The zero-order chi connectivity index (χ0) is 19.3. The molecule has 1 aliphatic heterocycles. The minimum atomic E-state index is -3.12. The molecule has 8 heteroatoms. The number of carbonyl (C=O) groups excluding carboxylic acids is 2. The fourth-order valence-corrected chi connectivity index (χ4v) is 4.61. The van der Waals surface area contributed by atoms with E-state index in [0.717, 1.165) is 6.08 Å². The standard InChI is InChI=1S/C18H22FNO5S/c1-3-20(15-10-11-26(23,24)12-15)18(22)13(2)25-17(21)9-8-14-6-4-5-7-16(14)19/h4-9,13,15H,3,10-12H2,1-2H3/b9-8+/t13-,15-/m0/s1. The van der Waals surface area contributed by atoms with E-state index >= 15 is 0 Å². The van der Waals surface area contributed by atoms with E-state index in [0.29, 0.717) is 13.0 Å². The highest BCUT2D eigenvalue weighted by atomic mass is 32.2. The highest BCUT2D eigenvalue weighted by molar-refractivity contribution is 7.91. The minimum absolute atomic E-state index is 0.0565. The van der Waals surface area contributed by atoms with Crippen molar-refractivity contribution in [2.24, 2.45) is 0 Å². The SMILES string of the molecule is CCN(C(=O)[C@H](C)OC(=O)/C=C/c1ccccc1F)[C@H]1CCS(=O)(=O)C1. The van der Waals surface area contributed by atoms with E-state index in [4.69, 9.17) is 4.74 Å². The van der Waals surface area contributed by atoms with Gasteiger partial charge in [0.15, 0.2) is 15.9 Å². The van der Waals surface area contributed by atoms with E-state index in [1.165, 1.54) is 36.1 Å². The largest absolute Gasteiger partial charge is 0.449 e. The van der Waals surface area contributed by atoms with Gasteiger partial charge in [0.25, 0.3) is 5.91 Å². The molecule has 0 aromatic heterocycles. The summed E-state index contributed by atoms with van der Waals surface area (Å²) in [4.78, 5) is 25.8. The Kier molecular flexibility index (Phi) is 6.52. The Morgan fingerprint density at radius 3 is 2.65 bits per heavy atom. The normalized spacial score (nSPS) is 20.0. The highest BCUT2D eigenvalue weighted by Gasteiger charge is 2.36. The summed E-state index contributed by atoms with van der Waals surface area (Å²) in [6.45, 7) is 3.50. The molecular weight excluding hydrogens is 361 g/mol. The first kappa shape index (κ1) is 20.1. The van der Waals surface area contributed by atoms with Crippen LogP contribution in [0.5, 0.6) is 0 Å². The van der Waals surface area contributed by atoms with Crippen LogP contribution in [0.15, 0.2) is 30.3 Å². The van der Waals surface area contributed by atoms with Crippen LogP contribution in [-0.4, -0.2) is 55.4 Å². The van der Waals surface area contributed by atoms with Gasteiger partial charge < -0.3 is 9.64 Å². The van der Waals surface area contributed by atoms with Gasteiger partial charge >= 0.3 is 5.97 Å². The second-order valence-corrected chi connectivity index (χ2v) is 8.34. The van der Waals surface area contributed by atoms with Crippen molar-refractivity contribution >= 4 is 27.8 Å². The van der Waals surface area contributed by atoms with Crippen LogP contribution in [0.1, 0.15) is 25.8 Å². The molecule has 1 amide bonds. The van der Waals surface area contributed by atoms with Crippen LogP contribution in [0.2, 0.25) is 0 Å². The molecule has 1 fully saturated rings. The van der Waals surface area contributed by atoms with Crippen LogP contribution in [0.4, 0.5) is 4.39 Å². The van der Waals surface area contributed by atoms with Crippen molar-refractivity contribution in [3.8, 4) is 0 Å². The van der Waals surface area contributed by atoms with E-state index in [1.807, 2.05) is 0 Å². The van der Waals surface area contributed by atoms with Crippen LogP contribution >= 0.6 is 0 Å². The van der Waals surface area contributed by atoms with E-state index in [-0.39, 0.29) is 17.1 Å². The molecule has 0 N–H and O–H groups in total. The molecule has 2 atom stereocenters. The van der Waals surface area contributed by atoms with E-state index < -0.39 is 39.7 Å². The summed E-state index contributed by atoms with van der Waals surface area (Å²) >= 11 is 0. The van der Waals surface area contributed by atoms with Crippen LogP contribution in [-0.2, 0) is 24.2 Å². The summed E-state index contributed by atoms with van der Waals surface area (Å²) < 4.78 is 41.8. The molecule has 0 spiro atoms. The molecule has 0 unspecified atom stereocenters. The molecular formula is C18H22FNO5S. The smallest absolute Gasteiger partial charge is 0.331 e.